The molecule has 9 aromatic rings. The van der Waals surface area contributed by atoms with Crippen molar-refractivity contribution in [3.8, 4) is 33.6 Å². The van der Waals surface area contributed by atoms with E-state index in [2.05, 4.69) is 181 Å². The van der Waals surface area contributed by atoms with Crippen LogP contribution in [-0.2, 0) is 5.41 Å². The number of benzene rings is 7. The zero-order valence-electron chi connectivity index (χ0n) is 26.4. The number of rotatable bonds is 3. The highest BCUT2D eigenvalue weighted by Gasteiger charge is 2.35. The fourth-order valence-electron chi connectivity index (χ4n) is 8.21. The summed E-state index contributed by atoms with van der Waals surface area (Å²) in [4.78, 5) is 0. The van der Waals surface area contributed by atoms with Crippen LogP contribution >= 0.6 is 0 Å². The third kappa shape index (κ3) is 3.73. The molecule has 0 radical (unpaired) electrons. The molecule has 0 atom stereocenters. The molecule has 1 aliphatic carbocycles. The van der Waals surface area contributed by atoms with Crippen LogP contribution < -0.4 is 0 Å². The third-order valence-corrected chi connectivity index (χ3v) is 10.5. The molecule has 0 unspecified atom stereocenters. The first-order valence-electron chi connectivity index (χ1n) is 16.4. The molecule has 2 heteroatoms. The lowest BCUT2D eigenvalue weighted by atomic mass is 9.82. The van der Waals surface area contributed by atoms with Gasteiger partial charge in [0.05, 0.1) is 22.2 Å². The van der Waals surface area contributed by atoms with Gasteiger partial charge in [0, 0.05) is 38.8 Å². The molecule has 0 spiro atoms. The Morgan fingerprint density at radius 1 is 0.447 bits per heavy atom. The molecule has 0 fully saturated rings. The largest absolute Gasteiger partial charge is 0.316 e. The lowest BCUT2D eigenvalue weighted by Crippen LogP contribution is -2.15. The lowest BCUT2D eigenvalue weighted by molar-refractivity contribution is 0.660. The minimum absolute atomic E-state index is 0.0426. The number of hydrogen-bond donors (Lipinski definition) is 0. The fourth-order valence-corrected chi connectivity index (χ4v) is 8.21. The molecule has 2 heterocycles. The second kappa shape index (κ2) is 9.57. The molecule has 7 aromatic carbocycles. The molecule has 2 aromatic heterocycles. The summed E-state index contributed by atoms with van der Waals surface area (Å²) in [5.41, 5.74) is 14.0. The molecule has 1 aliphatic rings. The molecule has 10 rings (SSSR count). The van der Waals surface area contributed by atoms with Crippen molar-refractivity contribution >= 4 is 43.5 Å². The molecule has 47 heavy (non-hydrogen) atoms. The monoisotopic (exact) mass is 600 g/mol. The Kier molecular flexibility index (Phi) is 5.37. The Hall–Kier alpha value is -5.86. The zero-order valence-corrected chi connectivity index (χ0v) is 26.4. The van der Waals surface area contributed by atoms with Crippen molar-refractivity contribution in [3.63, 3.8) is 0 Å². The Labute approximate surface area is 273 Å². The second-order valence-electron chi connectivity index (χ2n) is 13.4. The molecule has 0 amide bonds. The van der Waals surface area contributed by atoms with Crippen molar-refractivity contribution in [1.82, 2.24) is 9.13 Å². The van der Waals surface area contributed by atoms with E-state index in [1.54, 1.807) is 0 Å². The molecule has 0 saturated heterocycles. The number of aromatic nitrogens is 2. The van der Waals surface area contributed by atoms with E-state index in [1.165, 1.54) is 88.2 Å². The predicted octanol–water partition coefficient (Wildman–Crippen LogP) is 11.9. The van der Waals surface area contributed by atoms with Crippen LogP contribution in [0.15, 0.2) is 158 Å². The van der Waals surface area contributed by atoms with Gasteiger partial charge in [-0.1, -0.05) is 111 Å². The summed E-state index contributed by atoms with van der Waals surface area (Å²) in [6.07, 6.45) is 2.20. The summed E-state index contributed by atoms with van der Waals surface area (Å²) < 4.78 is 4.76. The summed E-state index contributed by atoms with van der Waals surface area (Å²) in [6.45, 7) is 4.71. The first-order chi connectivity index (χ1) is 23.1. The van der Waals surface area contributed by atoms with Crippen molar-refractivity contribution in [2.45, 2.75) is 19.3 Å². The van der Waals surface area contributed by atoms with Gasteiger partial charge in [-0.05, 0) is 93.4 Å². The van der Waals surface area contributed by atoms with Crippen LogP contribution in [0.1, 0.15) is 25.0 Å². The van der Waals surface area contributed by atoms with E-state index >= 15 is 0 Å². The highest BCUT2D eigenvalue weighted by molar-refractivity contribution is 6.10. The van der Waals surface area contributed by atoms with E-state index in [-0.39, 0.29) is 5.41 Å². The average molecular weight is 601 g/mol. The molecule has 222 valence electrons. The molecular weight excluding hydrogens is 569 g/mol. The SMILES string of the molecule is CC1(C)c2ccccc2-c2ccc(-n3c4ccccc4c4cc(-c5ccc6c(ccn6-c6cccc7ccccc67)c5)ccc43)cc21. The molecular formula is C45H32N2. The van der Waals surface area contributed by atoms with Crippen molar-refractivity contribution in [1.29, 1.82) is 0 Å². The smallest absolute Gasteiger partial charge is 0.0541 e. The van der Waals surface area contributed by atoms with E-state index in [0.717, 1.165) is 0 Å². The Bertz CT molecular complexity index is 2710. The molecule has 0 N–H and O–H groups in total. The molecule has 2 nitrogen and oxygen atoms in total. The molecule has 0 saturated carbocycles. The topological polar surface area (TPSA) is 9.86 Å². The van der Waals surface area contributed by atoms with Crippen LogP contribution in [0.5, 0.6) is 0 Å². The minimum atomic E-state index is -0.0426. The maximum Gasteiger partial charge on any atom is 0.0541 e. The van der Waals surface area contributed by atoms with Crippen LogP contribution in [0.3, 0.4) is 0 Å². The third-order valence-electron chi connectivity index (χ3n) is 10.5. The van der Waals surface area contributed by atoms with Gasteiger partial charge in [-0.25, -0.2) is 0 Å². The van der Waals surface area contributed by atoms with Crippen molar-refractivity contribution in [2.75, 3.05) is 0 Å². The lowest BCUT2D eigenvalue weighted by Gasteiger charge is -2.22. The molecule has 0 bridgehead atoms. The van der Waals surface area contributed by atoms with Gasteiger partial charge in [0.25, 0.3) is 0 Å². The highest BCUT2D eigenvalue weighted by Crippen LogP contribution is 2.49. The Balaban J connectivity index is 1.10. The zero-order chi connectivity index (χ0) is 31.3. The van der Waals surface area contributed by atoms with E-state index in [1.807, 2.05) is 0 Å². The van der Waals surface area contributed by atoms with E-state index in [4.69, 9.17) is 0 Å². The maximum absolute atomic E-state index is 2.45. The van der Waals surface area contributed by atoms with Crippen LogP contribution in [0, 0.1) is 0 Å². The Morgan fingerprint density at radius 2 is 1.15 bits per heavy atom. The summed E-state index contributed by atoms with van der Waals surface area (Å²) in [5, 5.41) is 6.30. The number of para-hydroxylation sites is 1. The average Bonchev–Trinajstić information content (AvgIpc) is 3.76. The van der Waals surface area contributed by atoms with Gasteiger partial charge in [0.15, 0.2) is 0 Å². The van der Waals surface area contributed by atoms with Crippen LogP contribution in [0.2, 0.25) is 0 Å². The second-order valence-corrected chi connectivity index (χ2v) is 13.4. The summed E-state index contributed by atoms with van der Waals surface area (Å²) in [5.74, 6) is 0. The van der Waals surface area contributed by atoms with Gasteiger partial charge in [0.1, 0.15) is 0 Å². The quantitative estimate of drug-likeness (QED) is 0.191. The highest BCUT2D eigenvalue weighted by atomic mass is 15.0. The van der Waals surface area contributed by atoms with Crippen molar-refractivity contribution in [3.05, 3.63) is 169 Å². The number of nitrogens with zero attached hydrogens (tertiary/aromatic N) is 2. The Morgan fingerprint density at radius 3 is 2.06 bits per heavy atom. The van der Waals surface area contributed by atoms with Gasteiger partial charge >= 0.3 is 0 Å². The normalized spacial score (nSPS) is 13.5. The summed E-state index contributed by atoms with van der Waals surface area (Å²) >= 11 is 0. The summed E-state index contributed by atoms with van der Waals surface area (Å²) in [7, 11) is 0. The van der Waals surface area contributed by atoms with E-state index < -0.39 is 0 Å². The first-order valence-corrected chi connectivity index (χ1v) is 16.4. The number of fused-ring (bicyclic) bond motifs is 8. The van der Waals surface area contributed by atoms with Gasteiger partial charge in [-0.3, -0.25) is 0 Å². The van der Waals surface area contributed by atoms with Crippen LogP contribution in [0.25, 0.3) is 77.1 Å². The first kappa shape index (κ1) is 26.4. The van der Waals surface area contributed by atoms with Gasteiger partial charge in [-0.15, -0.1) is 0 Å². The van der Waals surface area contributed by atoms with E-state index in [9.17, 15) is 0 Å². The predicted molar refractivity (Wildman–Crippen MR) is 198 cm³/mol. The molecule has 0 aliphatic heterocycles. The van der Waals surface area contributed by atoms with Crippen LogP contribution in [-0.4, -0.2) is 9.13 Å². The van der Waals surface area contributed by atoms with Gasteiger partial charge in [0.2, 0.25) is 0 Å². The minimum Gasteiger partial charge on any atom is -0.316 e. The maximum atomic E-state index is 2.45. The summed E-state index contributed by atoms with van der Waals surface area (Å²) in [6, 6.07) is 56.0. The van der Waals surface area contributed by atoms with Gasteiger partial charge in [-0.2, -0.15) is 0 Å². The van der Waals surface area contributed by atoms with Crippen molar-refractivity contribution < 1.29 is 0 Å². The standard InChI is InChI=1S/C45H32N2/c1-45(2)39-15-7-5-13-35(39)36-21-20-33(28-40(36)45)47-43-16-8-6-14-37(43)38-27-31(19-23-44(38)47)30-18-22-41-32(26-30)24-25-46(41)42-17-9-11-29-10-3-4-12-34(29)42/h3-28H,1-2H3. The van der Waals surface area contributed by atoms with Crippen LogP contribution in [0.4, 0.5) is 0 Å². The van der Waals surface area contributed by atoms with E-state index in [0.29, 0.717) is 0 Å². The van der Waals surface area contributed by atoms with Crippen molar-refractivity contribution in [2.24, 2.45) is 0 Å². The van der Waals surface area contributed by atoms with Gasteiger partial charge < -0.3 is 9.13 Å². The number of hydrogen-bond acceptors (Lipinski definition) is 0. The fraction of sp³-hybridized carbons (Fsp3) is 0.0667.